The lowest BCUT2D eigenvalue weighted by atomic mass is 10.2. The molecule has 0 amide bonds. The summed E-state index contributed by atoms with van der Waals surface area (Å²) in [6.07, 6.45) is 1.45. The fourth-order valence-corrected chi connectivity index (χ4v) is 0.764. The summed E-state index contributed by atoms with van der Waals surface area (Å²) >= 11 is 4.86. The highest BCUT2D eigenvalue weighted by Gasteiger charge is 1.89. The molecular formula is C8H5ClN2O. The van der Waals surface area contributed by atoms with Crippen molar-refractivity contribution in [2.45, 2.75) is 0 Å². The second kappa shape index (κ2) is 4.37. The summed E-state index contributed by atoms with van der Waals surface area (Å²) in [5.74, 6) is 0. The molecule has 0 radical (unpaired) electrons. The van der Waals surface area contributed by atoms with Gasteiger partial charge in [0.05, 0.1) is 17.8 Å². The number of hydrogen-bond donors (Lipinski definition) is 0. The van der Waals surface area contributed by atoms with E-state index in [1.54, 1.807) is 24.3 Å². The maximum Gasteiger partial charge on any atom is 0.167 e. The van der Waals surface area contributed by atoms with Gasteiger partial charge in [-0.05, 0) is 17.7 Å². The van der Waals surface area contributed by atoms with Crippen LogP contribution in [0.1, 0.15) is 11.1 Å². The number of hydrogen-bond acceptors (Lipinski definition) is 3. The zero-order chi connectivity index (χ0) is 8.81. The predicted octanol–water partition coefficient (Wildman–Crippen LogP) is 2.06. The molecule has 0 saturated carbocycles. The van der Waals surface area contributed by atoms with Gasteiger partial charge in [-0.25, -0.2) is 0 Å². The summed E-state index contributed by atoms with van der Waals surface area (Å²) in [7, 11) is 0. The zero-order valence-electron chi connectivity index (χ0n) is 6.07. The van der Waals surface area contributed by atoms with Crippen molar-refractivity contribution in [3.05, 3.63) is 35.4 Å². The average molecular weight is 181 g/mol. The predicted molar refractivity (Wildman–Crippen MR) is 45.7 cm³/mol. The van der Waals surface area contributed by atoms with Gasteiger partial charge in [0.2, 0.25) is 0 Å². The molecule has 0 fully saturated rings. The summed E-state index contributed by atoms with van der Waals surface area (Å²) < 4.78 is 3.98. The Morgan fingerprint density at radius 2 is 2.08 bits per heavy atom. The van der Waals surface area contributed by atoms with Crippen LogP contribution in [-0.2, 0) is 4.39 Å². The molecule has 0 saturated heterocycles. The van der Waals surface area contributed by atoms with Crippen LogP contribution in [0.25, 0.3) is 0 Å². The van der Waals surface area contributed by atoms with Crippen LogP contribution in [0.2, 0.25) is 0 Å². The molecule has 0 aliphatic rings. The van der Waals surface area contributed by atoms with E-state index in [1.165, 1.54) is 6.21 Å². The van der Waals surface area contributed by atoms with Crippen LogP contribution >= 0.6 is 11.9 Å². The Morgan fingerprint density at radius 3 is 2.58 bits per heavy atom. The van der Waals surface area contributed by atoms with Crippen LogP contribution in [0.15, 0.2) is 29.4 Å². The van der Waals surface area contributed by atoms with E-state index in [-0.39, 0.29) is 0 Å². The first-order valence-electron chi connectivity index (χ1n) is 3.18. The molecule has 0 aliphatic heterocycles. The van der Waals surface area contributed by atoms with Crippen molar-refractivity contribution in [3.8, 4) is 6.07 Å². The van der Waals surface area contributed by atoms with Gasteiger partial charge in [-0.3, -0.25) is 4.39 Å². The Balaban J connectivity index is 2.80. The third-order valence-corrected chi connectivity index (χ3v) is 1.36. The second-order valence-electron chi connectivity index (χ2n) is 2.04. The first-order chi connectivity index (χ1) is 5.86. The maximum atomic E-state index is 8.48. The average Bonchev–Trinajstić information content (AvgIpc) is 2.15. The quantitative estimate of drug-likeness (QED) is 0.517. The van der Waals surface area contributed by atoms with Gasteiger partial charge in [0.1, 0.15) is 0 Å². The van der Waals surface area contributed by atoms with Crippen molar-refractivity contribution >= 4 is 18.1 Å². The lowest BCUT2D eigenvalue weighted by Crippen LogP contribution is -1.80. The van der Waals surface area contributed by atoms with E-state index in [4.69, 9.17) is 17.1 Å². The molecule has 0 aromatic heterocycles. The van der Waals surface area contributed by atoms with Crippen molar-refractivity contribution in [2.75, 3.05) is 0 Å². The molecule has 4 heteroatoms. The van der Waals surface area contributed by atoms with Gasteiger partial charge in [0, 0.05) is 0 Å². The van der Waals surface area contributed by atoms with Crippen LogP contribution < -0.4 is 0 Å². The molecule has 1 aromatic carbocycles. The third kappa shape index (κ3) is 2.26. The monoisotopic (exact) mass is 180 g/mol. The van der Waals surface area contributed by atoms with Gasteiger partial charge in [-0.15, -0.1) is 0 Å². The second-order valence-corrected chi connectivity index (χ2v) is 2.18. The SMILES string of the molecule is N#Cc1ccc(C=NOCl)cc1. The van der Waals surface area contributed by atoms with E-state index in [2.05, 4.69) is 9.55 Å². The summed E-state index contributed by atoms with van der Waals surface area (Å²) in [4.78, 5) is 0. The summed E-state index contributed by atoms with van der Waals surface area (Å²) in [5, 5.41) is 11.8. The highest BCUT2D eigenvalue weighted by molar-refractivity contribution is 6.07. The molecule has 0 unspecified atom stereocenters. The number of rotatable bonds is 2. The van der Waals surface area contributed by atoms with Crippen LogP contribution in [0.5, 0.6) is 0 Å². The van der Waals surface area contributed by atoms with Gasteiger partial charge < -0.3 is 0 Å². The molecule has 0 N–H and O–H groups in total. The van der Waals surface area contributed by atoms with E-state index >= 15 is 0 Å². The van der Waals surface area contributed by atoms with Crippen molar-refractivity contribution < 1.29 is 4.39 Å². The van der Waals surface area contributed by atoms with Crippen LogP contribution in [0.3, 0.4) is 0 Å². The molecule has 0 aliphatic carbocycles. The standard InChI is InChI=1S/C8H5ClN2O/c9-12-11-6-8-3-1-7(5-10)2-4-8/h1-4,6H. The van der Waals surface area contributed by atoms with Crippen molar-refractivity contribution in [3.63, 3.8) is 0 Å². The lowest BCUT2D eigenvalue weighted by Gasteiger charge is -1.90. The topological polar surface area (TPSA) is 45.4 Å². The number of nitrogens with zero attached hydrogens (tertiary/aromatic N) is 2. The molecule has 3 nitrogen and oxygen atoms in total. The Labute approximate surface area is 75.0 Å². The zero-order valence-corrected chi connectivity index (χ0v) is 6.82. The smallest absolute Gasteiger partial charge is 0.167 e. The number of oxime groups is 1. The van der Waals surface area contributed by atoms with Crippen LogP contribution in [-0.4, -0.2) is 6.21 Å². The minimum atomic E-state index is 0.610. The highest BCUT2D eigenvalue weighted by atomic mass is 35.5. The van der Waals surface area contributed by atoms with Gasteiger partial charge >= 0.3 is 0 Å². The fraction of sp³-hybridized carbons (Fsp3) is 0. The summed E-state index contributed by atoms with van der Waals surface area (Å²) in [6.45, 7) is 0. The number of nitriles is 1. The Morgan fingerprint density at radius 1 is 1.42 bits per heavy atom. The van der Waals surface area contributed by atoms with E-state index in [1.807, 2.05) is 6.07 Å². The summed E-state index contributed by atoms with van der Waals surface area (Å²) in [5.41, 5.74) is 1.44. The third-order valence-electron chi connectivity index (χ3n) is 1.28. The largest absolute Gasteiger partial charge is 0.277 e. The molecule has 0 bridgehead atoms. The van der Waals surface area contributed by atoms with Crippen molar-refractivity contribution in [1.29, 1.82) is 5.26 Å². The fourth-order valence-electron chi connectivity index (χ4n) is 0.725. The van der Waals surface area contributed by atoms with E-state index in [0.717, 1.165) is 5.56 Å². The van der Waals surface area contributed by atoms with Crippen molar-refractivity contribution in [2.24, 2.45) is 5.16 Å². The molecule has 1 rings (SSSR count). The Bertz CT molecular complexity index is 313. The minimum Gasteiger partial charge on any atom is -0.277 e. The highest BCUT2D eigenvalue weighted by Crippen LogP contribution is 2.00. The molecule has 12 heavy (non-hydrogen) atoms. The van der Waals surface area contributed by atoms with Crippen LogP contribution in [0, 0.1) is 11.3 Å². The first-order valence-corrected chi connectivity index (χ1v) is 3.49. The summed E-state index contributed by atoms with van der Waals surface area (Å²) in [6, 6.07) is 8.88. The first kappa shape index (κ1) is 8.57. The van der Waals surface area contributed by atoms with Crippen LogP contribution in [0.4, 0.5) is 0 Å². The Hall–Kier alpha value is -1.53. The van der Waals surface area contributed by atoms with Gasteiger partial charge in [0.25, 0.3) is 0 Å². The molecule has 1 aromatic rings. The Kier molecular flexibility index (Phi) is 3.12. The molecule has 0 atom stereocenters. The molecule has 60 valence electrons. The van der Waals surface area contributed by atoms with Gasteiger partial charge in [-0.2, -0.15) is 5.26 Å². The number of halogens is 1. The van der Waals surface area contributed by atoms with Crippen molar-refractivity contribution in [1.82, 2.24) is 0 Å². The van der Waals surface area contributed by atoms with Gasteiger partial charge in [-0.1, -0.05) is 17.3 Å². The molecule has 0 spiro atoms. The maximum absolute atomic E-state index is 8.48. The normalized spacial score (nSPS) is 9.67. The van der Waals surface area contributed by atoms with E-state index < -0.39 is 0 Å². The lowest BCUT2D eigenvalue weighted by molar-refractivity contribution is 0.383. The minimum absolute atomic E-state index is 0.610. The molecular weight excluding hydrogens is 176 g/mol. The van der Waals surface area contributed by atoms with Gasteiger partial charge in [0.15, 0.2) is 11.9 Å². The molecule has 0 heterocycles. The number of benzene rings is 1. The van der Waals surface area contributed by atoms with E-state index in [9.17, 15) is 0 Å². The van der Waals surface area contributed by atoms with E-state index in [0.29, 0.717) is 5.56 Å².